The van der Waals surface area contributed by atoms with Crippen LogP contribution in [0.25, 0.3) is 0 Å². The Labute approximate surface area is 112 Å². The van der Waals surface area contributed by atoms with Gasteiger partial charge in [-0.2, -0.15) is 0 Å². The lowest BCUT2D eigenvalue weighted by Gasteiger charge is -2.19. The van der Waals surface area contributed by atoms with Crippen molar-refractivity contribution in [1.29, 1.82) is 0 Å². The second-order valence-electron chi connectivity index (χ2n) is 3.91. The largest absolute Gasteiger partial charge is 0.468 e. The van der Waals surface area contributed by atoms with Gasteiger partial charge in [-0.3, -0.25) is 19.8 Å². The van der Waals surface area contributed by atoms with Gasteiger partial charge >= 0.3 is 5.97 Å². The Morgan fingerprint density at radius 2 is 2.00 bits per heavy atom. The number of hydrogen-bond acceptors (Lipinski definition) is 6. The van der Waals surface area contributed by atoms with Crippen LogP contribution in [-0.2, 0) is 14.3 Å². The molecule has 1 heterocycles. The molecule has 0 fully saturated rings. The van der Waals surface area contributed by atoms with Gasteiger partial charge < -0.3 is 4.74 Å². The molecule has 0 radical (unpaired) electrons. The first kappa shape index (κ1) is 15.0. The van der Waals surface area contributed by atoms with E-state index in [9.17, 15) is 9.59 Å². The highest BCUT2D eigenvalue weighted by Gasteiger charge is 2.14. The maximum absolute atomic E-state index is 11.8. The smallest absolute Gasteiger partial charge is 0.319 e. The summed E-state index contributed by atoms with van der Waals surface area (Å²) < 4.78 is 4.59. The van der Waals surface area contributed by atoms with Gasteiger partial charge in [0.15, 0.2) is 0 Å². The van der Waals surface area contributed by atoms with E-state index >= 15 is 0 Å². The third-order valence-electron chi connectivity index (χ3n) is 2.30. The molecule has 0 aliphatic heterocycles. The molecule has 0 spiro atoms. The van der Waals surface area contributed by atoms with Gasteiger partial charge in [-0.15, -0.1) is 0 Å². The van der Waals surface area contributed by atoms with Crippen molar-refractivity contribution in [3.05, 3.63) is 18.5 Å². The number of methoxy groups -OCH3 is 1. The van der Waals surface area contributed by atoms with Crippen LogP contribution in [-0.4, -0.2) is 53.5 Å². The van der Waals surface area contributed by atoms with Crippen LogP contribution in [0.4, 0.5) is 5.95 Å². The minimum atomic E-state index is -0.364. The minimum absolute atomic E-state index is 0.0907. The highest BCUT2D eigenvalue weighted by Crippen LogP contribution is 1.97. The van der Waals surface area contributed by atoms with Gasteiger partial charge in [0.1, 0.15) is 0 Å². The van der Waals surface area contributed by atoms with Crippen molar-refractivity contribution in [2.45, 2.75) is 13.3 Å². The number of carbonyl (C=O) groups excluding carboxylic acids is 2. The quantitative estimate of drug-likeness (QED) is 0.714. The fourth-order valence-corrected chi connectivity index (χ4v) is 1.51. The molecule has 7 nitrogen and oxygen atoms in total. The molecule has 1 aromatic heterocycles. The Morgan fingerprint density at radius 3 is 2.58 bits per heavy atom. The molecule has 0 aromatic carbocycles. The molecular formula is C12H18N4O3. The number of hydrogen-bond donors (Lipinski definition) is 1. The fraction of sp³-hybridized carbons (Fsp3) is 0.500. The number of esters is 1. The van der Waals surface area contributed by atoms with Crippen LogP contribution >= 0.6 is 0 Å². The summed E-state index contributed by atoms with van der Waals surface area (Å²) in [7, 11) is 1.32. The summed E-state index contributed by atoms with van der Waals surface area (Å²) >= 11 is 0. The molecule has 1 aromatic rings. The van der Waals surface area contributed by atoms with E-state index in [1.54, 1.807) is 23.4 Å². The molecule has 0 aliphatic rings. The van der Waals surface area contributed by atoms with E-state index in [1.807, 2.05) is 6.92 Å². The van der Waals surface area contributed by atoms with Crippen molar-refractivity contribution in [3.8, 4) is 0 Å². The summed E-state index contributed by atoms with van der Waals surface area (Å²) in [5.41, 5.74) is 0. The van der Waals surface area contributed by atoms with Crippen LogP contribution < -0.4 is 5.32 Å². The molecule has 0 aliphatic carbocycles. The lowest BCUT2D eigenvalue weighted by molar-refractivity contribution is -0.142. The van der Waals surface area contributed by atoms with Crippen molar-refractivity contribution in [2.24, 2.45) is 0 Å². The van der Waals surface area contributed by atoms with E-state index in [0.717, 1.165) is 6.42 Å². The zero-order chi connectivity index (χ0) is 14.1. The van der Waals surface area contributed by atoms with Gasteiger partial charge in [-0.1, -0.05) is 6.92 Å². The highest BCUT2D eigenvalue weighted by molar-refractivity contribution is 5.90. The number of nitrogens with zero attached hydrogens (tertiary/aromatic N) is 3. The van der Waals surface area contributed by atoms with E-state index in [1.165, 1.54) is 7.11 Å². The maximum atomic E-state index is 11.8. The molecule has 1 rings (SSSR count). The molecule has 19 heavy (non-hydrogen) atoms. The molecule has 0 unspecified atom stereocenters. The van der Waals surface area contributed by atoms with Crippen LogP contribution in [0.2, 0.25) is 0 Å². The number of ether oxygens (including phenoxy) is 1. The minimum Gasteiger partial charge on any atom is -0.468 e. The van der Waals surface area contributed by atoms with Crippen LogP contribution in [0, 0.1) is 0 Å². The van der Waals surface area contributed by atoms with Crippen LogP contribution in [0.5, 0.6) is 0 Å². The second-order valence-corrected chi connectivity index (χ2v) is 3.91. The van der Waals surface area contributed by atoms with Crippen LogP contribution in [0.15, 0.2) is 18.5 Å². The van der Waals surface area contributed by atoms with Gasteiger partial charge in [0.05, 0.1) is 20.2 Å². The van der Waals surface area contributed by atoms with E-state index in [2.05, 4.69) is 20.0 Å². The van der Waals surface area contributed by atoms with Crippen molar-refractivity contribution in [2.75, 3.05) is 32.1 Å². The fourth-order valence-electron chi connectivity index (χ4n) is 1.51. The molecule has 104 valence electrons. The molecule has 1 N–H and O–H groups in total. The number of amides is 1. The first-order chi connectivity index (χ1) is 9.15. The topological polar surface area (TPSA) is 84.4 Å². The number of rotatable bonds is 7. The summed E-state index contributed by atoms with van der Waals surface area (Å²) in [6, 6.07) is 1.66. The van der Waals surface area contributed by atoms with E-state index in [4.69, 9.17) is 0 Å². The predicted molar refractivity (Wildman–Crippen MR) is 69.4 cm³/mol. The molecule has 7 heteroatoms. The van der Waals surface area contributed by atoms with Gasteiger partial charge in [-0.05, 0) is 19.0 Å². The second kappa shape index (κ2) is 8.15. The molecule has 0 saturated heterocycles. The monoisotopic (exact) mass is 266 g/mol. The normalized spacial score (nSPS) is 10.3. The zero-order valence-electron chi connectivity index (χ0n) is 11.1. The summed E-state index contributed by atoms with van der Waals surface area (Å²) in [6.07, 6.45) is 3.92. The average molecular weight is 266 g/mol. The van der Waals surface area contributed by atoms with Gasteiger partial charge in [0.2, 0.25) is 11.9 Å². The Hall–Kier alpha value is -2.02. The standard InChI is InChI=1S/C12H18N4O3/c1-3-7-16(9-11(18)19-2)8-10(17)15-12-13-5-4-6-14-12/h4-6H,3,7-9H2,1-2H3,(H,13,14,15,17). The Morgan fingerprint density at radius 1 is 1.32 bits per heavy atom. The van der Waals surface area contributed by atoms with Gasteiger partial charge in [0, 0.05) is 12.4 Å². The molecule has 1 amide bonds. The third-order valence-corrected chi connectivity index (χ3v) is 2.30. The summed E-state index contributed by atoms with van der Waals surface area (Å²) in [6.45, 7) is 2.80. The summed E-state index contributed by atoms with van der Waals surface area (Å²) in [4.78, 5) is 32.5. The first-order valence-corrected chi connectivity index (χ1v) is 6.01. The highest BCUT2D eigenvalue weighted by atomic mass is 16.5. The van der Waals surface area contributed by atoms with Crippen molar-refractivity contribution < 1.29 is 14.3 Å². The van der Waals surface area contributed by atoms with Crippen molar-refractivity contribution >= 4 is 17.8 Å². The lowest BCUT2D eigenvalue weighted by atomic mass is 10.4. The first-order valence-electron chi connectivity index (χ1n) is 6.01. The SMILES string of the molecule is CCCN(CC(=O)Nc1ncccn1)CC(=O)OC. The average Bonchev–Trinajstić information content (AvgIpc) is 2.39. The summed E-state index contributed by atoms with van der Waals surface area (Å²) in [5.74, 6) is -0.372. The molecule has 0 atom stereocenters. The van der Waals surface area contributed by atoms with Gasteiger partial charge in [0.25, 0.3) is 0 Å². The maximum Gasteiger partial charge on any atom is 0.319 e. The van der Waals surface area contributed by atoms with E-state index in [-0.39, 0.29) is 30.9 Å². The molecular weight excluding hydrogens is 248 g/mol. The zero-order valence-corrected chi connectivity index (χ0v) is 11.1. The number of anilines is 1. The van der Waals surface area contributed by atoms with Crippen molar-refractivity contribution in [1.82, 2.24) is 14.9 Å². The lowest BCUT2D eigenvalue weighted by Crippen LogP contribution is -2.38. The summed E-state index contributed by atoms with van der Waals surface area (Å²) in [5, 5.41) is 2.57. The molecule has 0 saturated carbocycles. The van der Waals surface area contributed by atoms with Crippen molar-refractivity contribution in [3.63, 3.8) is 0 Å². The van der Waals surface area contributed by atoms with Crippen LogP contribution in [0.3, 0.4) is 0 Å². The van der Waals surface area contributed by atoms with E-state index < -0.39 is 0 Å². The number of carbonyl (C=O) groups is 2. The molecule has 0 bridgehead atoms. The Bertz CT molecular complexity index is 411. The van der Waals surface area contributed by atoms with E-state index in [0.29, 0.717) is 6.54 Å². The van der Waals surface area contributed by atoms with Crippen LogP contribution in [0.1, 0.15) is 13.3 Å². The predicted octanol–water partition coefficient (Wildman–Crippen LogP) is 0.300. The Balaban J connectivity index is 2.49. The number of nitrogens with one attached hydrogen (secondary N) is 1. The Kier molecular flexibility index (Phi) is 6.45. The third kappa shape index (κ3) is 5.91. The van der Waals surface area contributed by atoms with Gasteiger partial charge in [-0.25, -0.2) is 9.97 Å². The number of aromatic nitrogens is 2.